The minimum Gasteiger partial charge on any atom is -0.379 e. The Balaban J connectivity index is 0.00000261. The van der Waals surface area contributed by atoms with Crippen LogP contribution in [-0.2, 0) is 4.74 Å². The summed E-state index contributed by atoms with van der Waals surface area (Å²) in [4.78, 5) is 9.72. The predicted octanol–water partition coefficient (Wildman–Crippen LogP) is 2.29. The van der Waals surface area contributed by atoms with Crippen molar-refractivity contribution in [2.24, 2.45) is 4.99 Å². The first-order valence-corrected chi connectivity index (χ1v) is 10.8. The molecule has 2 heterocycles. The average molecular weight is 493 g/mol. The van der Waals surface area contributed by atoms with E-state index >= 15 is 0 Å². The Morgan fingerprint density at radius 3 is 2.26 bits per heavy atom. The lowest BCUT2D eigenvalue weighted by Gasteiger charge is -2.48. The molecule has 158 valence electrons. The van der Waals surface area contributed by atoms with E-state index < -0.39 is 0 Å². The van der Waals surface area contributed by atoms with Crippen molar-refractivity contribution >= 4 is 29.9 Å². The quantitative estimate of drug-likeness (QED) is 0.338. The lowest BCUT2D eigenvalue weighted by molar-refractivity contribution is 0.0364. The van der Waals surface area contributed by atoms with Crippen molar-refractivity contribution in [1.82, 2.24) is 20.4 Å². The number of nitrogens with zero attached hydrogens (tertiary/aromatic N) is 3. The van der Waals surface area contributed by atoms with Crippen LogP contribution in [0.2, 0.25) is 0 Å². The van der Waals surface area contributed by atoms with Gasteiger partial charge in [-0.2, -0.15) is 0 Å². The smallest absolute Gasteiger partial charge is 0.191 e. The zero-order valence-electron chi connectivity index (χ0n) is 17.2. The topological polar surface area (TPSA) is 52.1 Å². The van der Waals surface area contributed by atoms with Gasteiger partial charge in [-0.25, -0.2) is 0 Å². The summed E-state index contributed by atoms with van der Waals surface area (Å²) in [6.45, 7) is 9.42. The Kier molecular flexibility index (Phi) is 10.7. The summed E-state index contributed by atoms with van der Waals surface area (Å²) in [6, 6.07) is 0. The van der Waals surface area contributed by atoms with Crippen molar-refractivity contribution in [2.45, 2.75) is 56.9 Å². The Morgan fingerprint density at radius 1 is 0.926 bits per heavy atom. The van der Waals surface area contributed by atoms with Crippen LogP contribution in [0.25, 0.3) is 0 Å². The van der Waals surface area contributed by atoms with Crippen LogP contribution in [0.3, 0.4) is 0 Å². The van der Waals surface area contributed by atoms with Crippen LogP contribution in [0.4, 0.5) is 0 Å². The van der Waals surface area contributed by atoms with E-state index in [4.69, 9.17) is 4.74 Å². The Morgan fingerprint density at radius 2 is 1.59 bits per heavy atom. The largest absolute Gasteiger partial charge is 0.379 e. The van der Waals surface area contributed by atoms with Gasteiger partial charge in [0.25, 0.3) is 0 Å². The molecule has 0 unspecified atom stereocenters. The molecular formula is C20H40IN5O. The monoisotopic (exact) mass is 493 g/mol. The summed E-state index contributed by atoms with van der Waals surface area (Å²) in [5.74, 6) is 0.959. The number of rotatable bonds is 6. The molecular weight excluding hydrogens is 453 g/mol. The van der Waals surface area contributed by atoms with E-state index in [2.05, 4.69) is 25.4 Å². The number of aliphatic imine (C=N–C) groups is 1. The third kappa shape index (κ3) is 7.01. The maximum absolute atomic E-state index is 5.42. The fourth-order valence-corrected chi connectivity index (χ4v) is 4.81. The van der Waals surface area contributed by atoms with Gasteiger partial charge in [0.05, 0.1) is 13.2 Å². The van der Waals surface area contributed by atoms with Gasteiger partial charge in [-0.15, -0.1) is 24.0 Å². The summed E-state index contributed by atoms with van der Waals surface area (Å²) < 4.78 is 5.42. The van der Waals surface area contributed by atoms with E-state index in [1.165, 1.54) is 64.5 Å². The molecule has 0 aromatic rings. The second-order valence-corrected chi connectivity index (χ2v) is 8.14. The number of nitrogens with one attached hydrogen (secondary N) is 2. The second-order valence-electron chi connectivity index (χ2n) is 8.14. The van der Waals surface area contributed by atoms with Crippen molar-refractivity contribution in [1.29, 1.82) is 0 Å². The SMILES string of the molecule is CN=C(NCCN1CCOCC1)NCC1(N2CCCCC2)CCCCC1.I. The van der Waals surface area contributed by atoms with Crippen molar-refractivity contribution in [3.05, 3.63) is 0 Å². The predicted molar refractivity (Wildman–Crippen MR) is 123 cm³/mol. The van der Waals surface area contributed by atoms with Gasteiger partial charge in [0.2, 0.25) is 0 Å². The molecule has 0 atom stereocenters. The number of hydrogen-bond acceptors (Lipinski definition) is 4. The van der Waals surface area contributed by atoms with Gasteiger partial charge in [0.1, 0.15) is 0 Å². The zero-order chi connectivity index (χ0) is 18.1. The van der Waals surface area contributed by atoms with Gasteiger partial charge < -0.3 is 15.4 Å². The number of likely N-dealkylation sites (tertiary alicyclic amines) is 1. The summed E-state index contributed by atoms with van der Waals surface area (Å²) in [7, 11) is 1.89. The molecule has 0 amide bonds. The first-order chi connectivity index (χ1) is 12.8. The molecule has 0 spiro atoms. The molecule has 2 aliphatic heterocycles. The average Bonchev–Trinajstić information content (AvgIpc) is 2.72. The number of guanidine groups is 1. The van der Waals surface area contributed by atoms with Crippen molar-refractivity contribution in [3.8, 4) is 0 Å². The van der Waals surface area contributed by atoms with E-state index in [0.717, 1.165) is 51.9 Å². The van der Waals surface area contributed by atoms with Crippen molar-refractivity contribution in [2.75, 3.05) is 66.1 Å². The third-order valence-corrected chi connectivity index (χ3v) is 6.44. The molecule has 2 saturated heterocycles. The maximum atomic E-state index is 5.42. The van der Waals surface area contributed by atoms with Gasteiger partial charge in [-0.3, -0.25) is 14.8 Å². The number of morpholine rings is 1. The van der Waals surface area contributed by atoms with Crippen LogP contribution >= 0.6 is 24.0 Å². The zero-order valence-corrected chi connectivity index (χ0v) is 19.5. The standard InChI is InChI=1S/C20H39N5O.HI/c1-21-19(22-10-13-24-14-16-26-17-15-24)23-18-20(8-4-2-5-9-20)25-11-6-3-7-12-25;/h2-18H2,1H3,(H2,21,22,23);1H. The number of ether oxygens (including phenoxy) is 1. The summed E-state index contributed by atoms with van der Waals surface area (Å²) >= 11 is 0. The van der Waals surface area contributed by atoms with Crippen LogP contribution in [0.15, 0.2) is 4.99 Å². The van der Waals surface area contributed by atoms with Crippen LogP contribution in [0, 0.1) is 0 Å². The molecule has 0 aromatic carbocycles. The molecule has 6 nitrogen and oxygen atoms in total. The van der Waals surface area contributed by atoms with Gasteiger partial charge in [-0.1, -0.05) is 25.7 Å². The van der Waals surface area contributed by atoms with E-state index in [1.54, 1.807) is 0 Å². The van der Waals surface area contributed by atoms with E-state index in [9.17, 15) is 0 Å². The van der Waals surface area contributed by atoms with E-state index in [0.29, 0.717) is 5.54 Å². The Hall–Kier alpha value is -0.120. The molecule has 3 rings (SSSR count). The molecule has 27 heavy (non-hydrogen) atoms. The molecule has 2 N–H and O–H groups in total. The second kappa shape index (κ2) is 12.4. The molecule has 1 saturated carbocycles. The van der Waals surface area contributed by atoms with Gasteiger partial charge in [0.15, 0.2) is 5.96 Å². The van der Waals surface area contributed by atoms with E-state index in [-0.39, 0.29) is 24.0 Å². The summed E-state index contributed by atoms with van der Waals surface area (Å²) in [5, 5.41) is 7.18. The summed E-state index contributed by atoms with van der Waals surface area (Å²) in [5.41, 5.74) is 0.348. The number of halogens is 1. The van der Waals surface area contributed by atoms with Crippen LogP contribution in [0.1, 0.15) is 51.4 Å². The van der Waals surface area contributed by atoms with Gasteiger partial charge >= 0.3 is 0 Å². The fourth-order valence-electron chi connectivity index (χ4n) is 4.81. The Bertz CT molecular complexity index is 430. The first kappa shape index (κ1) is 23.2. The highest BCUT2D eigenvalue weighted by Gasteiger charge is 2.38. The normalized spacial score (nSPS) is 24.9. The lowest BCUT2D eigenvalue weighted by Crippen LogP contribution is -2.59. The lowest BCUT2D eigenvalue weighted by atomic mass is 9.79. The maximum Gasteiger partial charge on any atom is 0.191 e. The molecule has 3 fully saturated rings. The van der Waals surface area contributed by atoms with Crippen LogP contribution in [0.5, 0.6) is 0 Å². The minimum atomic E-state index is 0. The highest BCUT2D eigenvalue weighted by Crippen LogP contribution is 2.35. The minimum absolute atomic E-state index is 0. The molecule has 0 radical (unpaired) electrons. The highest BCUT2D eigenvalue weighted by molar-refractivity contribution is 14.0. The van der Waals surface area contributed by atoms with Gasteiger partial charge in [0, 0.05) is 45.3 Å². The third-order valence-electron chi connectivity index (χ3n) is 6.44. The van der Waals surface area contributed by atoms with Crippen molar-refractivity contribution in [3.63, 3.8) is 0 Å². The van der Waals surface area contributed by atoms with E-state index in [1.807, 2.05) is 7.05 Å². The molecule has 3 aliphatic rings. The molecule has 0 aromatic heterocycles. The Labute approximate surface area is 182 Å². The molecule has 7 heteroatoms. The van der Waals surface area contributed by atoms with Crippen molar-refractivity contribution < 1.29 is 4.74 Å². The fraction of sp³-hybridized carbons (Fsp3) is 0.950. The number of piperidine rings is 1. The molecule has 1 aliphatic carbocycles. The summed E-state index contributed by atoms with van der Waals surface area (Å²) in [6.07, 6.45) is 11.0. The highest BCUT2D eigenvalue weighted by atomic mass is 127. The van der Waals surface area contributed by atoms with Crippen LogP contribution in [-0.4, -0.2) is 87.4 Å². The first-order valence-electron chi connectivity index (χ1n) is 10.8. The number of hydrogen-bond donors (Lipinski definition) is 2. The van der Waals surface area contributed by atoms with Gasteiger partial charge in [-0.05, 0) is 38.8 Å². The van der Waals surface area contributed by atoms with Crippen LogP contribution < -0.4 is 10.6 Å². The molecule has 0 bridgehead atoms.